The molecule has 6 heteroatoms. The van der Waals surface area contributed by atoms with Gasteiger partial charge in [-0.1, -0.05) is 34.1 Å². The second-order valence-corrected chi connectivity index (χ2v) is 13.7. The zero-order chi connectivity index (χ0) is 22.8. The second-order valence-electron chi connectivity index (χ2n) is 12.2. The molecule has 180 valence electrons. The summed E-state index contributed by atoms with van der Waals surface area (Å²) in [5.74, 6) is 2.55. The van der Waals surface area contributed by atoms with Crippen molar-refractivity contribution >= 4 is 10.1 Å². The molecule has 0 radical (unpaired) electrons. The van der Waals surface area contributed by atoms with Crippen molar-refractivity contribution in [2.45, 2.75) is 97.7 Å². The third kappa shape index (κ3) is 3.91. The number of fused-ring (bicyclic) bond motifs is 5. The van der Waals surface area contributed by atoms with E-state index in [0.29, 0.717) is 36.0 Å². The second kappa shape index (κ2) is 8.25. The fourth-order valence-electron chi connectivity index (χ4n) is 9.47. The summed E-state index contributed by atoms with van der Waals surface area (Å²) < 4.78 is 31.9. The largest absolute Gasteiger partial charge is 0.393 e. The minimum absolute atomic E-state index is 0.135. The fourth-order valence-corrected chi connectivity index (χ4v) is 10.1. The van der Waals surface area contributed by atoms with E-state index in [0.717, 1.165) is 51.4 Å². The lowest BCUT2D eigenvalue weighted by atomic mass is 9.41. The van der Waals surface area contributed by atoms with Gasteiger partial charge in [0.05, 0.1) is 18.0 Å². The van der Waals surface area contributed by atoms with E-state index < -0.39 is 10.1 Å². The van der Waals surface area contributed by atoms with Gasteiger partial charge in [0.25, 0.3) is 10.1 Å². The van der Waals surface area contributed by atoms with Crippen LogP contribution in [-0.2, 0) is 10.1 Å². The van der Waals surface area contributed by atoms with Crippen molar-refractivity contribution in [1.29, 1.82) is 0 Å². The first-order valence-electron chi connectivity index (χ1n) is 12.7. The van der Waals surface area contributed by atoms with Crippen molar-refractivity contribution in [1.82, 2.24) is 0 Å². The van der Waals surface area contributed by atoms with Gasteiger partial charge >= 0.3 is 0 Å². The first kappa shape index (κ1) is 24.0. The molecule has 0 aromatic heterocycles. The van der Waals surface area contributed by atoms with Gasteiger partial charge in [-0.15, -0.1) is 0 Å². The predicted octanol–water partition coefficient (Wildman–Crippen LogP) is 4.53. The number of aliphatic hydroxyl groups excluding tert-OH is 2. The van der Waals surface area contributed by atoms with E-state index in [1.807, 2.05) is 0 Å². The van der Waals surface area contributed by atoms with Crippen LogP contribution < -0.4 is 0 Å². The molecule has 11 atom stereocenters. The molecule has 4 fully saturated rings. The summed E-state index contributed by atoms with van der Waals surface area (Å²) in [5.41, 5.74) is 0.344. The Morgan fingerprint density at radius 3 is 2.26 bits per heavy atom. The van der Waals surface area contributed by atoms with Gasteiger partial charge in [0, 0.05) is 0 Å². The minimum atomic E-state index is -3.92. The van der Waals surface area contributed by atoms with E-state index in [-0.39, 0.29) is 40.6 Å². The van der Waals surface area contributed by atoms with E-state index in [2.05, 4.69) is 27.7 Å². The summed E-state index contributed by atoms with van der Waals surface area (Å²) in [6, 6.07) is 0. The van der Waals surface area contributed by atoms with Gasteiger partial charge in [0.15, 0.2) is 0 Å². The van der Waals surface area contributed by atoms with Gasteiger partial charge in [-0.05, 0) is 104 Å². The van der Waals surface area contributed by atoms with Gasteiger partial charge in [0.2, 0.25) is 0 Å². The van der Waals surface area contributed by atoms with Gasteiger partial charge in [-0.3, -0.25) is 4.55 Å². The molecule has 5 nitrogen and oxygen atoms in total. The van der Waals surface area contributed by atoms with E-state index in [9.17, 15) is 23.2 Å². The van der Waals surface area contributed by atoms with Crippen LogP contribution in [0, 0.1) is 52.3 Å². The Kier molecular flexibility index (Phi) is 6.38. The quantitative estimate of drug-likeness (QED) is 0.529. The van der Waals surface area contributed by atoms with Crippen LogP contribution >= 0.6 is 0 Å². The number of hydrogen-bond acceptors (Lipinski definition) is 4. The molecule has 0 heterocycles. The smallest absolute Gasteiger partial charge is 0.264 e. The highest BCUT2D eigenvalue weighted by Crippen LogP contribution is 2.69. The summed E-state index contributed by atoms with van der Waals surface area (Å²) >= 11 is 0. The normalized spacial score (nSPS) is 50.9. The molecule has 0 aromatic carbocycles. The molecule has 0 spiro atoms. The summed E-state index contributed by atoms with van der Waals surface area (Å²) in [4.78, 5) is 0. The molecule has 0 saturated heterocycles. The first-order valence-corrected chi connectivity index (χ1v) is 14.3. The van der Waals surface area contributed by atoms with Crippen LogP contribution in [0.5, 0.6) is 0 Å². The summed E-state index contributed by atoms with van der Waals surface area (Å²) in [6.07, 6.45) is 8.26. The standard InChI is InChI=1S/C25H44O5S/c1-5-17-21-14-16(26)8-11-25(21,4)20-9-12-24(3)18(15(2)10-13-31(28,29)30)6-7-19(24)22(20)23(17)27/h15-23,26-27H,5-14H2,1-4H3,(H,28,29,30)/t15-,16-,17-,18-,19+,20+,21?,22?,23-,24?,25?/m1/s1. The monoisotopic (exact) mass is 456 g/mol. The molecular formula is C25H44O5S. The van der Waals surface area contributed by atoms with Crippen molar-refractivity contribution in [2.75, 3.05) is 5.75 Å². The van der Waals surface area contributed by atoms with E-state index in [4.69, 9.17) is 0 Å². The van der Waals surface area contributed by atoms with E-state index >= 15 is 0 Å². The topological polar surface area (TPSA) is 94.8 Å². The Hall–Kier alpha value is -0.170. The van der Waals surface area contributed by atoms with Crippen molar-refractivity contribution < 1.29 is 23.2 Å². The molecule has 0 bridgehead atoms. The average Bonchev–Trinajstić information content (AvgIpc) is 3.04. The highest BCUT2D eigenvalue weighted by atomic mass is 32.2. The summed E-state index contributed by atoms with van der Waals surface area (Å²) in [6.45, 7) is 9.22. The van der Waals surface area contributed by atoms with Crippen LogP contribution in [0.1, 0.15) is 85.5 Å². The molecule has 4 unspecified atom stereocenters. The highest BCUT2D eigenvalue weighted by Gasteiger charge is 2.64. The maximum Gasteiger partial charge on any atom is 0.264 e. The summed E-state index contributed by atoms with van der Waals surface area (Å²) in [7, 11) is -3.92. The summed E-state index contributed by atoms with van der Waals surface area (Å²) in [5, 5.41) is 22.1. The highest BCUT2D eigenvalue weighted by molar-refractivity contribution is 7.85. The van der Waals surface area contributed by atoms with Crippen LogP contribution in [0.2, 0.25) is 0 Å². The Morgan fingerprint density at radius 2 is 1.61 bits per heavy atom. The van der Waals surface area contributed by atoms with Gasteiger partial charge in [-0.2, -0.15) is 8.42 Å². The Labute approximate surface area is 189 Å². The molecule has 4 aliphatic carbocycles. The molecule has 3 N–H and O–H groups in total. The molecule has 4 aliphatic rings. The average molecular weight is 457 g/mol. The van der Waals surface area contributed by atoms with Crippen LogP contribution in [0.15, 0.2) is 0 Å². The molecule has 0 aliphatic heterocycles. The van der Waals surface area contributed by atoms with Gasteiger partial charge in [-0.25, -0.2) is 0 Å². The first-order chi connectivity index (χ1) is 14.4. The zero-order valence-electron chi connectivity index (χ0n) is 19.8. The molecule has 4 saturated carbocycles. The van der Waals surface area contributed by atoms with Gasteiger partial charge in [0.1, 0.15) is 0 Å². The van der Waals surface area contributed by atoms with Crippen LogP contribution in [0.3, 0.4) is 0 Å². The lowest BCUT2D eigenvalue weighted by molar-refractivity contribution is -0.203. The third-order valence-electron chi connectivity index (χ3n) is 11.0. The SMILES string of the molecule is CC[C@@H]1C2C[C@H](O)CCC2(C)[C@H]2CCC3(C)[C@@H]([C@H](C)CCS(=O)(=O)O)CC[C@H]3C2[C@@H]1O. The molecular weight excluding hydrogens is 412 g/mol. The Morgan fingerprint density at radius 1 is 0.968 bits per heavy atom. The van der Waals surface area contributed by atoms with Crippen molar-refractivity contribution in [3.05, 3.63) is 0 Å². The van der Waals surface area contributed by atoms with Crippen molar-refractivity contribution in [3.63, 3.8) is 0 Å². The maximum atomic E-state index is 11.7. The van der Waals surface area contributed by atoms with Crippen molar-refractivity contribution in [3.8, 4) is 0 Å². The molecule has 31 heavy (non-hydrogen) atoms. The lowest BCUT2D eigenvalue weighted by Gasteiger charge is -2.64. The van der Waals surface area contributed by atoms with Gasteiger partial charge < -0.3 is 10.2 Å². The molecule has 0 amide bonds. The molecule has 0 aromatic rings. The lowest BCUT2D eigenvalue weighted by Crippen LogP contribution is -2.62. The number of rotatable bonds is 5. The Balaban J connectivity index is 1.61. The maximum absolute atomic E-state index is 11.7. The van der Waals surface area contributed by atoms with Crippen LogP contribution in [-0.4, -0.2) is 41.1 Å². The predicted molar refractivity (Wildman–Crippen MR) is 122 cm³/mol. The number of aliphatic hydroxyl groups is 2. The van der Waals surface area contributed by atoms with Crippen LogP contribution in [0.25, 0.3) is 0 Å². The fraction of sp³-hybridized carbons (Fsp3) is 1.00. The zero-order valence-corrected chi connectivity index (χ0v) is 20.7. The Bertz CT molecular complexity index is 768. The van der Waals surface area contributed by atoms with Crippen LogP contribution in [0.4, 0.5) is 0 Å². The van der Waals surface area contributed by atoms with E-state index in [1.54, 1.807) is 0 Å². The minimum Gasteiger partial charge on any atom is -0.393 e. The molecule has 4 rings (SSSR count). The van der Waals surface area contributed by atoms with E-state index in [1.165, 1.54) is 0 Å². The third-order valence-corrected chi connectivity index (χ3v) is 11.7. The van der Waals surface area contributed by atoms with Crippen molar-refractivity contribution in [2.24, 2.45) is 52.3 Å². The number of hydrogen-bond donors (Lipinski definition) is 3.